The summed E-state index contributed by atoms with van der Waals surface area (Å²) in [5.74, 6) is 0. The molecule has 0 aliphatic rings. The van der Waals surface area contributed by atoms with Gasteiger partial charge in [-0.15, -0.1) is 11.3 Å². The van der Waals surface area contributed by atoms with Gasteiger partial charge in [0.1, 0.15) is 0 Å². The summed E-state index contributed by atoms with van der Waals surface area (Å²) in [5.41, 5.74) is 3.71. The highest BCUT2D eigenvalue weighted by Crippen LogP contribution is 2.25. The lowest BCUT2D eigenvalue weighted by Gasteiger charge is -2.13. The molecular formula is C15H19BrN2S. The zero-order valence-corrected chi connectivity index (χ0v) is 14.2. The molecule has 1 N–H and O–H groups in total. The Morgan fingerprint density at radius 2 is 2.05 bits per heavy atom. The van der Waals surface area contributed by atoms with E-state index in [0.717, 1.165) is 17.2 Å². The van der Waals surface area contributed by atoms with E-state index in [4.69, 9.17) is 0 Å². The summed E-state index contributed by atoms with van der Waals surface area (Å²) >= 11 is 5.36. The van der Waals surface area contributed by atoms with E-state index in [1.165, 1.54) is 20.5 Å². The molecule has 19 heavy (non-hydrogen) atoms. The molecule has 1 heterocycles. The summed E-state index contributed by atoms with van der Waals surface area (Å²) in [7, 11) is 0. The maximum absolute atomic E-state index is 4.48. The number of aromatic nitrogens is 1. The summed E-state index contributed by atoms with van der Waals surface area (Å²) in [6, 6.07) is 6.84. The van der Waals surface area contributed by atoms with E-state index < -0.39 is 0 Å². The highest BCUT2D eigenvalue weighted by Gasteiger charge is 2.12. The molecule has 0 bridgehead atoms. The second-order valence-electron chi connectivity index (χ2n) is 4.87. The van der Waals surface area contributed by atoms with Gasteiger partial charge in [0.05, 0.1) is 10.7 Å². The average Bonchev–Trinajstić information content (AvgIpc) is 2.70. The summed E-state index contributed by atoms with van der Waals surface area (Å²) in [6.07, 6.45) is 0. The lowest BCUT2D eigenvalue weighted by molar-refractivity contribution is 0.579. The molecule has 0 radical (unpaired) electrons. The summed E-state index contributed by atoms with van der Waals surface area (Å²) < 4.78 is 1.17. The van der Waals surface area contributed by atoms with Gasteiger partial charge in [0.2, 0.25) is 0 Å². The SMILES string of the molecule is Cc1nc(C)c(C(C)NCc2ccc(C)c(Br)c2)s1. The molecule has 0 spiro atoms. The molecule has 102 valence electrons. The van der Waals surface area contributed by atoms with Crippen LogP contribution in [0.2, 0.25) is 0 Å². The van der Waals surface area contributed by atoms with Crippen LogP contribution in [0.1, 0.15) is 39.7 Å². The molecule has 0 saturated carbocycles. The third kappa shape index (κ3) is 3.65. The van der Waals surface area contributed by atoms with Crippen molar-refractivity contribution < 1.29 is 0 Å². The molecule has 0 saturated heterocycles. The van der Waals surface area contributed by atoms with Crippen LogP contribution in [0, 0.1) is 20.8 Å². The molecule has 0 aliphatic heterocycles. The number of nitrogens with zero attached hydrogens (tertiary/aromatic N) is 1. The van der Waals surface area contributed by atoms with Crippen molar-refractivity contribution in [1.82, 2.24) is 10.3 Å². The zero-order chi connectivity index (χ0) is 14.0. The van der Waals surface area contributed by atoms with Gasteiger partial charge in [-0.25, -0.2) is 4.98 Å². The van der Waals surface area contributed by atoms with E-state index in [0.29, 0.717) is 6.04 Å². The first-order valence-electron chi connectivity index (χ1n) is 6.39. The van der Waals surface area contributed by atoms with E-state index >= 15 is 0 Å². The smallest absolute Gasteiger partial charge is 0.0900 e. The Morgan fingerprint density at radius 3 is 2.63 bits per heavy atom. The highest BCUT2D eigenvalue weighted by molar-refractivity contribution is 9.10. The Hall–Kier alpha value is -0.710. The van der Waals surface area contributed by atoms with Crippen LogP contribution in [0.5, 0.6) is 0 Å². The van der Waals surface area contributed by atoms with E-state index in [1.54, 1.807) is 11.3 Å². The molecule has 1 aromatic heterocycles. The molecule has 1 unspecified atom stereocenters. The van der Waals surface area contributed by atoms with Gasteiger partial charge in [0.15, 0.2) is 0 Å². The monoisotopic (exact) mass is 338 g/mol. The minimum Gasteiger partial charge on any atom is -0.305 e. The van der Waals surface area contributed by atoms with Gasteiger partial charge in [-0.3, -0.25) is 0 Å². The van der Waals surface area contributed by atoms with Gasteiger partial charge in [-0.1, -0.05) is 28.1 Å². The minimum atomic E-state index is 0.339. The van der Waals surface area contributed by atoms with Crippen LogP contribution in [0.25, 0.3) is 0 Å². The number of aryl methyl sites for hydroxylation is 3. The first-order valence-corrected chi connectivity index (χ1v) is 8.00. The van der Waals surface area contributed by atoms with Crippen molar-refractivity contribution in [3.05, 3.63) is 49.4 Å². The van der Waals surface area contributed by atoms with Crippen molar-refractivity contribution in [3.8, 4) is 0 Å². The molecular weight excluding hydrogens is 320 g/mol. The first kappa shape index (κ1) is 14.7. The molecule has 0 fully saturated rings. The third-order valence-electron chi connectivity index (χ3n) is 3.18. The van der Waals surface area contributed by atoms with E-state index in [9.17, 15) is 0 Å². The first-order chi connectivity index (χ1) is 8.97. The zero-order valence-electron chi connectivity index (χ0n) is 11.7. The predicted molar refractivity (Wildman–Crippen MR) is 85.7 cm³/mol. The Morgan fingerprint density at radius 1 is 1.32 bits per heavy atom. The molecule has 4 heteroatoms. The predicted octanol–water partition coefficient (Wildman–Crippen LogP) is 4.68. The number of rotatable bonds is 4. The average molecular weight is 339 g/mol. The van der Waals surface area contributed by atoms with Crippen LogP contribution in [0.4, 0.5) is 0 Å². The van der Waals surface area contributed by atoms with Gasteiger partial charge in [0, 0.05) is 21.9 Å². The Kier molecular flexibility index (Phi) is 4.76. The molecule has 0 aliphatic carbocycles. The number of thiazole rings is 1. The number of benzene rings is 1. The van der Waals surface area contributed by atoms with Gasteiger partial charge in [-0.05, 0) is 44.9 Å². The maximum Gasteiger partial charge on any atom is 0.0900 e. The highest BCUT2D eigenvalue weighted by atomic mass is 79.9. The molecule has 1 aromatic carbocycles. The standard InChI is InChI=1S/C15H19BrN2S/c1-9-5-6-13(7-14(9)16)8-17-10(2)15-11(3)18-12(4)19-15/h5-7,10,17H,8H2,1-4H3. The Balaban J connectivity index is 2.02. The van der Waals surface area contributed by atoms with Crippen molar-refractivity contribution in [2.24, 2.45) is 0 Å². The minimum absolute atomic E-state index is 0.339. The van der Waals surface area contributed by atoms with Crippen molar-refractivity contribution in [2.75, 3.05) is 0 Å². The number of halogens is 1. The van der Waals surface area contributed by atoms with E-state index in [2.05, 4.69) is 72.1 Å². The Bertz CT molecular complexity index is 578. The van der Waals surface area contributed by atoms with E-state index in [1.807, 2.05) is 0 Å². The van der Waals surface area contributed by atoms with Crippen molar-refractivity contribution in [2.45, 2.75) is 40.3 Å². The van der Waals surface area contributed by atoms with Crippen molar-refractivity contribution in [3.63, 3.8) is 0 Å². The third-order valence-corrected chi connectivity index (χ3v) is 5.29. The van der Waals surface area contributed by atoms with Gasteiger partial charge >= 0.3 is 0 Å². The second-order valence-corrected chi connectivity index (χ2v) is 6.96. The fraction of sp³-hybridized carbons (Fsp3) is 0.400. The molecule has 2 aromatic rings. The quantitative estimate of drug-likeness (QED) is 0.875. The normalized spacial score (nSPS) is 12.7. The number of nitrogens with one attached hydrogen (secondary N) is 1. The van der Waals surface area contributed by atoms with Crippen LogP contribution < -0.4 is 5.32 Å². The van der Waals surface area contributed by atoms with Crippen LogP contribution in [0.15, 0.2) is 22.7 Å². The summed E-state index contributed by atoms with van der Waals surface area (Å²) in [6.45, 7) is 9.32. The molecule has 0 amide bonds. The number of hydrogen-bond acceptors (Lipinski definition) is 3. The topological polar surface area (TPSA) is 24.9 Å². The second kappa shape index (κ2) is 6.16. The summed E-state index contributed by atoms with van der Waals surface area (Å²) in [5, 5.41) is 4.70. The fourth-order valence-corrected chi connectivity index (χ4v) is 3.44. The van der Waals surface area contributed by atoms with Gasteiger partial charge in [-0.2, -0.15) is 0 Å². The summed E-state index contributed by atoms with van der Waals surface area (Å²) in [4.78, 5) is 5.82. The largest absolute Gasteiger partial charge is 0.305 e. The van der Waals surface area contributed by atoms with Crippen LogP contribution in [0.3, 0.4) is 0 Å². The number of hydrogen-bond donors (Lipinski definition) is 1. The maximum atomic E-state index is 4.48. The van der Waals surface area contributed by atoms with Crippen LogP contribution in [-0.2, 0) is 6.54 Å². The molecule has 2 rings (SSSR count). The van der Waals surface area contributed by atoms with E-state index in [-0.39, 0.29) is 0 Å². The fourth-order valence-electron chi connectivity index (χ4n) is 2.06. The van der Waals surface area contributed by atoms with Crippen molar-refractivity contribution in [1.29, 1.82) is 0 Å². The lowest BCUT2D eigenvalue weighted by Crippen LogP contribution is -2.17. The Labute approximate surface area is 127 Å². The van der Waals surface area contributed by atoms with Gasteiger partial charge in [0.25, 0.3) is 0 Å². The van der Waals surface area contributed by atoms with Crippen LogP contribution in [-0.4, -0.2) is 4.98 Å². The van der Waals surface area contributed by atoms with Gasteiger partial charge < -0.3 is 5.32 Å². The molecule has 2 nitrogen and oxygen atoms in total. The lowest BCUT2D eigenvalue weighted by atomic mass is 10.1. The van der Waals surface area contributed by atoms with Crippen molar-refractivity contribution >= 4 is 27.3 Å². The molecule has 1 atom stereocenters. The van der Waals surface area contributed by atoms with Crippen LogP contribution >= 0.6 is 27.3 Å².